The third kappa shape index (κ3) is 2.43. The van der Waals surface area contributed by atoms with Crippen LogP contribution in [-0.4, -0.2) is 56.0 Å². The predicted molar refractivity (Wildman–Crippen MR) is 75.3 cm³/mol. The fourth-order valence-corrected chi connectivity index (χ4v) is 2.95. The molecular formula is C14H14ClFN2O3. The SMILES string of the molecule is CN1CCOC(CN2C(=O)C(=O)c3c(Cl)ccc(F)c32)C1. The Hall–Kier alpha value is -1.50. The van der Waals surface area contributed by atoms with Gasteiger partial charge in [-0.25, -0.2) is 4.39 Å². The van der Waals surface area contributed by atoms with Crippen molar-refractivity contribution in [3.8, 4) is 0 Å². The van der Waals surface area contributed by atoms with Crippen molar-refractivity contribution in [3.05, 3.63) is 28.5 Å². The highest BCUT2D eigenvalue weighted by Gasteiger charge is 2.41. The summed E-state index contributed by atoms with van der Waals surface area (Å²) in [6.07, 6.45) is -0.259. The minimum absolute atomic E-state index is 0.0330. The predicted octanol–water partition coefficient (Wildman–Crippen LogP) is 1.34. The van der Waals surface area contributed by atoms with Crippen molar-refractivity contribution in [1.82, 2.24) is 4.90 Å². The molecule has 0 N–H and O–H groups in total. The van der Waals surface area contributed by atoms with E-state index in [1.54, 1.807) is 0 Å². The van der Waals surface area contributed by atoms with Crippen LogP contribution in [0, 0.1) is 5.82 Å². The third-order valence-corrected chi connectivity index (χ3v) is 4.06. The van der Waals surface area contributed by atoms with Gasteiger partial charge < -0.3 is 9.64 Å². The Morgan fingerprint density at radius 1 is 1.43 bits per heavy atom. The van der Waals surface area contributed by atoms with E-state index in [9.17, 15) is 14.0 Å². The Balaban J connectivity index is 1.92. The molecule has 21 heavy (non-hydrogen) atoms. The van der Waals surface area contributed by atoms with Gasteiger partial charge in [-0.15, -0.1) is 0 Å². The van der Waals surface area contributed by atoms with Crippen LogP contribution in [-0.2, 0) is 9.53 Å². The summed E-state index contributed by atoms with van der Waals surface area (Å²) in [5, 5.41) is 0.0916. The van der Waals surface area contributed by atoms with Crippen LogP contribution in [0.15, 0.2) is 12.1 Å². The number of likely N-dealkylation sites (N-methyl/N-ethyl adjacent to an activating group) is 1. The number of amides is 1. The van der Waals surface area contributed by atoms with Gasteiger partial charge in [-0.1, -0.05) is 11.6 Å². The Morgan fingerprint density at radius 2 is 2.19 bits per heavy atom. The van der Waals surface area contributed by atoms with Crippen molar-refractivity contribution in [2.45, 2.75) is 6.10 Å². The van der Waals surface area contributed by atoms with E-state index in [-0.39, 0.29) is 28.9 Å². The first-order chi connectivity index (χ1) is 9.99. The summed E-state index contributed by atoms with van der Waals surface area (Å²) in [5.74, 6) is -2.15. The molecule has 2 aliphatic heterocycles. The lowest BCUT2D eigenvalue weighted by Gasteiger charge is -2.32. The largest absolute Gasteiger partial charge is 0.374 e. The van der Waals surface area contributed by atoms with Gasteiger partial charge in [0.2, 0.25) is 0 Å². The number of Topliss-reactive ketones (excluding diaryl/α,β-unsaturated/α-hetero) is 1. The molecule has 1 aromatic carbocycles. The average molecular weight is 313 g/mol. The van der Waals surface area contributed by atoms with E-state index in [1.807, 2.05) is 7.05 Å². The molecule has 0 bridgehead atoms. The summed E-state index contributed by atoms with van der Waals surface area (Å²) in [6, 6.07) is 2.45. The van der Waals surface area contributed by atoms with E-state index in [0.717, 1.165) is 17.5 Å². The van der Waals surface area contributed by atoms with Crippen LogP contribution in [0.5, 0.6) is 0 Å². The van der Waals surface area contributed by atoms with Gasteiger partial charge in [0.05, 0.1) is 35.5 Å². The van der Waals surface area contributed by atoms with E-state index in [2.05, 4.69) is 4.90 Å². The molecule has 0 radical (unpaired) electrons. The topological polar surface area (TPSA) is 49.9 Å². The van der Waals surface area contributed by atoms with E-state index >= 15 is 0 Å². The number of hydrogen-bond acceptors (Lipinski definition) is 4. The van der Waals surface area contributed by atoms with Gasteiger partial charge in [0.25, 0.3) is 11.7 Å². The monoisotopic (exact) mass is 312 g/mol. The second-order valence-electron chi connectivity index (χ2n) is 5.25. The number of ether oxygens (including phenoxy) is 1. The second kappa shape index (κ2) is 5.36. The maximum absolute atomic E-state index is 14.0. The highest BCUT2D eigenvalue weighted by Crippen LogP contribution is 2.36. The molecular weight excluding hydrogens is 299 g/mol. The number of hydrogen-bond donors (Lipinski definition) is 0. The first-order valence-electron chi connectivity index (χ1n) is 6.63. The molecule has 1 saturated heterocycles. The highest BCUT2D eigenvalue weighted by atomic mass is 35.5. The number of halogens is 2. The number of fused-ring (bicyclic) bond motifs is 1. The van der Waals surface area contributed by atoms with E-state index in [4.69, 9.17) is 16.3 Å². The second-order valence-corrected chi connectivity index (χ2v) is 5.66. The molecule has 7 heteroatoms. The number of benzene rings is 1. The normalized spacial score (nSPS) is 22.8. The van der Waals surface area contributed by atoms with Gasteiger partial charge in [-0.3, -0.25) is 14.5 Å². The standard InChI is InChI=1S/C14H14ClFN2O3/c1-17-4-5-21-8(6-17)7-18-12-10(16)3-2-9(15)11(12)13(19)14(18)20/h2-3,8H,4-7H2,1H3. The van der Waals surface area contributed by atoms with Crippen LogP contribution >= 0.6 is 11.6 Å². The lowest BCUT2D eigenvalue weighted by atomic mass is 10.1. The van der Waals surface area contributed by atoms with Gasteiger partial charge >= 0.3 is 0 Å². The van der Waals surface area contributed by atoms with Crippen LogP contribution in [0.4, 0.5) is 10.1 Å². The zero-order chi connectivity index (χ0) is 15.1. The van der Waals surface area contributed by atoms with Gasteiger partial charge in [0, 0.05) is 13.1 Å². The van der Waals surface area contributed by atoms with Crippen molar-refractivity contribution >= 4 is 29.0 Å². The van der Waals surface area contributed by atoms with Crippen LogP contribution in [0.25, 0.3) is 0 Å². The summed E-state index contributed by atoms with van der Waals surface area (Å²) >= 11 is 5.93. The molecule has 5 nitrogen and oxygen atoms in total. The van der Waals surface area contributed by atoms with Crippen LogP contribution in [0.3, 0.4) is 0 Å². The minimum atomic E-state index is -0.765. The zero-order valence-corrected chi connectivity index (χ0v) is 12.2. The number of carbonyl (C=O) groups is 2. The van der Waals surface area contributed by atoms with Gasteiger partial charge in [-0.05, 0) is 19.2 Å². The molecule has 112 valence electrons. The molecule has 1 atom stereocenters. The van der Waals surface area contributed by atoms with Crippen molar-refractivity contribution in [2.75, 3.05) is 38.2 Å². The molecule has 2 aliphatic rings. The van der Waals surface area contributed by atoms with E-state index in [1.165, 1.54) is 6.07 Å². The first kappa shape index (κ1) is 14.4. The Kier molecular flexibility index (Phi) is 3.69. The average Bonchev–Trinajstić information content (AvgIpc) is 2.69. The molecule has 2 heterocycles. The van der Waals surface area contributed by atoms with E-state index in [0.29, 0.717) is 13.2 Å². The van der Waals surface area contributed by atoms with Crippen molar-refractivity contribution < 1.29 is 18.7 Å². The van der Waals surface area contributed by atoms with Crippen LogP contribution < -0.4 is 4.90 Å². The fraction of sp³-hybridized carbons (Fsp3) is 0.429. The quantitative estimate of drug-likeness (QED) is 0.773. The Bertz CT molecular complexity index is 622. The summed E-state index contributed by atoms with van der Waals surface area (Å²) in [4.78, 5) is 27.3. The fourth-order valence-electron chi connectivity index (χ4n) is 2.71. The molecule has 0 saturated carbocycles. The summed E-state index contributed by atoms with van der Waals surface area (Å²) in [7, 11) is 1.94. The maximum atomic E-state index is 14.0. The summed E-state index contributed by atoms with van der Waals surface area (Å²) < 4.78 is 19.6. The Morgan fingerprint density at radius 3 is 2.90 bits per heavy atom. The molecule has 0 aromatic heterocycles. The molecule has 0 spiro atoms. The van der Waals surface area contributed by atoms with Crippen LogP contribution in [0.1, 0.15) is 10.4 Å². The minimum Gasteiger partial charge on any atom is -0.374 e. The Labute approximate surface area is 126 Å². The van der Waals surface area contributed by atoms with Gasteiger partial charge in [0.1, 0.15) is 5.82 Å². The summed E-state index contributed by atoms with van der Waals surface area (Å²) in [6.45, 7) is 2.11. The maximum Gasteiger partial charge on any atom is 0.299 e. The number of ketones is 1. The highest BCUT2D eigenvalue weighted by molar-refractivity contribution is 6.55. The van der Waals surface area contributed by atoms with Crippen LogP contribution in [0.2, 0.25) is 5.02 Å². The summed E-state index contributed by atoms with van der Waals surface area (Å²) in [5.41, 5.74) is -0.0832. The van der Waals surface area contributed by atoms with Crippen molar-refractivity contribution in [2.24, 2.45) is 0 Å². The molecule has 1 fully saturated rings. The lowest BCUT2D eigenvalue weighted by molar-refractivity contribution is -0.115. The van der Waals surface area contributed by atoms with Gasteiger partial charge in [-0.2, -0.15) is 0 Å². The number of anilines is 1. The first-order valence-corrected chi connectivity index (χ1v) is 7.01. The van der Waals surface area contributed by atoms with Gasteiger partial charge in [0.15, 0.2) is 0 Å². The number of morpholine rings is 1. The molecule has 1 amide bonds. The number of rotatable bonds is 2. The molecule has 0 aliphatic carbocycles. The molecule has 1 unspecified atom stereocenters. The third-order valence-electron chi connectivity index (χ3n) is 3.74. The van der Waals surface area contributed by atoms with Crippen molar-refractivity contribution in [3.63, 3.8) is 0 Å². The van der Waals surface area contributed by atoms with E-state index < -0.39 is 17.5 Å². The smallest absolute Gasteiger partial charge is 0.299 e. The molecule has 1 aromatic rings. The number of nitrogens with zero attached hydrogens (tertiary/aromatic N) is 2. The zero-order valence-electron chi connectivity index (χ0n) is 11.4. The van der Waals surface area contributed by atoms with Crippen molar-refractivity contribution in [1.29, 1.82) is 0 Å². The molecule has 3 rings (SSSR count). The lowest BCUT2D eigenvalue weighted by Crippen LogP contribution is -2.47. The number of carbonyl (C=O) groups excluding carboxylic acids is 2.